The van der Waals surface area contributed by atoms with E-state index in [0.29, 0.717) is 32.2 Å². The van der Waals surface area contributed by atoms with Crippen molar-refractivity contribution in [3.05, 3.63) is 35.9 Å². The maximum atomic E-state index is 13.2. The van der Waals surface area contributed by atoms with Gasteiger partial charge in [0.25, 0.3) is 0 Å². The number of carboxylic acids is 1. The fraction of sp³-hybridized carbons (Fsp3) is 0.577. The minimum absolute atomic E-state index is 0.0748. The van der Waals surface area contributed by atoms with E-state index in [1.54, 1.807) is 0 Å². The van der Waals surface area contributed by atoms with Crippen LogP contribution in [0.3, 0.4) is 0 Å². The second kappa shape index (κ2) is 17.4. The van der Waals surface area contributed by atoms with Crippen molar-refractivity contribution in [3.8, 4) is 0 Å². The second-order valence-electron chi connectivity index (χ2n) is 9.14. The molecule has 0 aliphatic heterocycles. The van der Waals surface area contributed by atoms with Gasteiger partial charge in [-0.2, -0.15) is 0 Å². The summed E-state index contributed by atoms with van der Waals surface area (Å²) in [6.07, 6.45) is 0.910. The number of aliphatic carboxylic acids is 1. The van der Waals surface area contributed by atoms with Gasteiger partial charge in [-0.1, -0.05) is 55.9 Å². The monoisotopic (exact) mass is 537 g/mol. The van der Waals surface area contributed by atoms with Crippen molar-refractivity contribution >= 4 is 40.8 Å². The molecule has 206 valence electrons. The van der Waals surface area contributed by atoms with E-state index in [4.69, 9.17) is 4.74 Å². The maximum Gasteiger partial charge on any atom is 0.407 e. The number of benzene rings is 1. The van der Waals surface area contributed by atoms with Crippen LogP contribution in [0.4, 0.5) is 4.79 Å². The van der Waals surface area contributed by atoms with Gasteiger partial charge in [-0.15, -0.1) is 0 Å². The summed E-state index contributed by atoms with van der Waals surface area (Å²) in [5, 5.41) is 16.3. The first-order valence-electron chi connectivity index (χ1n) is 12.4. The molecule has 1 aromatic carbocycles. The van der Waals surface area contributed by atoms with Crippen LogP contribution in [0.25, 0.3) is 0 Å². The van der Waals surface area contributed by atoms with E-state index < -0.39 is 35.2 Å². The van der Waals surface area contributed by atoms with E-state index in [1.807, 2.05) is 44.2 Å². The molecule has 0 fully saturated rings. The van der Waals surface area contributed by atoms with Crippen LogP contribution in [0, 0.1) is 11.8 Å². The lowest BCUT2D eigenvalue weighted by Gasteiger charge is -2.27. The number of unbranched alkanes of at least 4 members (excludes halogenated alkanes) is 1. The average Bonchev–Trinajstić information content (AvgIpc) is 2.84. The normalized spacial score (nSPS) is 13.2. The molecule has 0 bridgehead atoms. The van der Waals surface area contributed by atoms with E-state index in [2.05, 4.69) is 16.0 Å². The summed E-state index contributed by atoms with van der Waals surface area (Å²) in [6, 6.07) is 8.48. The molecule has 37 heavy (non-hydrogen) atoms. The Hall–Kier alpha value is -3.08. The first-order valence-corrected chi connectivity index (χ1v) is 13.3. The highest BCUT2D eigenvalue weighted by Gasteiger charge is 2.34. The summed E-state index contributed by atoms with van der Waals surface area (Å²) in [5.41, 5.74) is 0.880. The number of alkyl carbamates (subject to hydrolysis) is 1. The highest BCUT2D eigenvalue weighted by molar-refractivity contribution is 8.14. The third-order valence-electron chi connectivity index (χ3n) is 5.49. The third kappa shape index (κ3) is 13.7. The van der Waals surface area contributed by atoms with Crippen molar-refractivity contribution in [3.63, 3.8) is 0 Å². The van der Waals surface area contributed by atoms with Crippen LogP contribution in [0.5, 0.6) is 0 Å². The molecular formula is C26H39N3O7S. The lowest BCUT2D eigenvalue weighted by Crippen LogP contribution is -2.49. The van der Waals surface area contributed by atoms with E-state index >= 15 is 0 Å². The Kier molecular flexibility index (Phi) is 15.0. The van der Waals surface area contributed by atoms with Gasteiger partial charge in [-0.25, -0.2) is 4.79 Å². The molecule has 0 spiro atoms. The summed E-state index contributed by atoms with van der Waals surface area (Å²) in [5.74, 6) is -2.60. The molecule has 11 heteroatoms. The molecule has 0 aromatic heterocycles. The topological polar surface area (TPSA) is 151 Å². The zero-order chi connectivity index (χ0) is 27.8. The van der Waals surface area contributed by atoms with Crippen LogP contribution in [0.15, 0.2) is 30.3 Å². The van der Waals surface area contributed by atoms with Gasteiger partial charge in [0.2, 0.25) is 11.8 Å². The molecule has 0 radical (unpaired) electrons. The smallest absolute Gasteiger partial charge is 0.407 e. The molecule has 10 nitrogen and oxygen atoms in total. The van der Waals surface area contributed by atoms with Gasteiger partial charge in [0.05, 0.1) is 12.3 Å². The maximum absolute atomic E-state index is 13.2. The number of hydrogen-bond acceptors (Lipinski definition) is 7. The van der Waals surface area contributed by atoms with Gasteiger partial charge in [-0.3, -0.25) is 19.2 Å². The Bertz CT molecular complexity index is 879. The summed E-state index contributed by atoms with van der Waals surface area (Å²) < 4.78 is 5.16. The molecule has 1 rings (SSSR count). The van der Waals surface area contributed by atoms with Crippen molar-refractivity contribution in [2.45, 2.75) is 70.8 Å². The van der Waals surface area contributed by atoms with Crippen molar-refractivity contribution in [1.82, 2.24) is 16.0 Å². The molecule has 3 amide bonds. The summed E-state index contributed by atoms with van der Waals surface area (Å²) >= 11 is 0.844. The molecule has 0 aliphatic rings. The Labute approximate surface area is 222 Å². The lowest BCUT2D eigenvalue weighted by atomic mass is 9.91. The fourth-order valence-corrected chi connectivity index (χ4v) is 4.80. The van der Waals surface area contributed by atoms with E-state index in [1.165, 1.54) is 14.0 Å². The predicted molar refractivity (Wildman–Crippen MR) is 142 cm³/mol. The molecule has 2 unspecified atom stereocenters. The number of nitrogens with one attached hydrogen (secondary N) is 3. The Morgan fingerprint density at radius 2 is 1.70 bits per heavy atom. The molecule has 3 atom stereocenters. The van der Waals surface area contributed by atoms with Crippen molar-refractivity contribution in [2.75, 3.05) is 13.6 Å². The van der Waals surface area contributed by atoms with Gasteiger partial charge in [0.1, 0.15) is 12.6 Å². The van der Waals surface area contributed by atoms with Crippen LogP contribution in [0.2, 0.25) is 0 Å². The van der Waals surface area contributed by atoms with Gasteiger partial charge < -0.3 is 25.8 Å². The molecule has 4 N–H and O–H groups in total. The van der Waals surface area contributed by atoms with Gasteiger partial charge >= 0.3 is 12.1 Å². The number of carbonyl (C=O) groups excluding carboxylic acids is 4. The van der Waals surface area contributed by atoms with Crippen LogP contribution in [0.1, 0.15) is 58.4 Å². The van der Waals surface area contributed by atoms with Crippen molar-refractivity contribution < 1.29 is 33.8 Å². The van der Waals surface area contributed by atoms with Crippen LogP contribution in [-0.4, -0.2) is 59.0 Å². The summed E-state index contributed by atoms with van der Waals surface area (Å²) in [6.45, 7) is 5.66. The minimum atomic E-state index is -1.10. The molecule has 0 saturated carbocycles. The molecule has 0 heterocycles. The zero-order valence-electron chi connectivity index (χ0n) is 22.0. The Balaban J connectivity index is 2.65. The highest BCUT2D eigenvalue weighted by Crippen LogP contribution is 2.29. The van der Waals surface area contributed by atoms with E-state index in [-0.39, 0.29) is 30.0 Å². The molecular weight excluding hydrogens is 498 g/mol. The van der Waals surface area contributed by atoms with Gasteiger partial charge in [-0.05, 0) is 37.2 Å². The van der Waals surface area contributed by atoms with E-state index in [9.17, 15) is 29.1 Å². The Morgan fingerprint density at radius 1 is 1.03 bits per heavy atom. The number of carboxylic acid groups (broad SMARTS) is 1. The SMILES string of the molecule is CNC(=O)[C@H](CCCCNC(=O)OCc1ccccc1)NC(=O)C(CC(C)C)C(CC(=O)O)SC(C)=O. The van der Waals surface area contributed by atoms with Gasteiger partial charge in [0, 0.05) is 25.8 Å². The number of carbonyl (C=O) groups is 5. The number of amides is 3. The standard InChI is InChI=1S/C26H39N3O7S/c1-17(2)14-20(22(15-23(31)32)37-18(3)30)24(33)29-21(25(34)27-4)12-8-9-13-28-26(35)36-16-19-10-6-5-7-11-19/h5-7,10-11,17,20-22H,8-9,12-16H2,1-4H3,(H,27,34)(H,28,35)(H,29,33)(H,31,32)/t20?,21-,22?/m0/s1. The molecule has 1 aromatic rings. The fourth-order valence-electron chi connectivity index (χ4n) is 3.75. The quantitative estimate of drug-likeness (QED) is 0.235. The number of thioether (sulfide) groups is 1. The number of hydrogen-bond donors (Lipinski definition) is 4. The number of likely N-dealkylation sites (N-methyl/N-ethyl adjacent to an activating group) is 1. The van der Waals surface area contributed by atoms with Crippen LogP contribution < -0.4 is 16.0 Å². The summed E-state index contributed by atoms with van der Waals surface area (Å²) in [7, 11) is 1.47. The Morgan fingerprint density at radius 3 is 2.27 bits per heavy atom. The predicted octanol–water partition coefficient (Wildman–Crippen LogP) is 3.10. The van der Waals surface area contributed by atoms with Crippen molar-refractivity contribution in [1.29, 1.82) is 0 Å². The minimum Gasteiger partial charge on any atom is -0.481 e. The lowest BCUT2D eigenvalue weighted by molar-refractivity contribution is -0.137. The average molecular weight is 538 g/mol. The first-order chi connectivity index (χ1) is 17.5. The van der Waals surface area contributed by atoms with Crippen LogP contribution in [-0.2, 0) is 30.5 Å². The number of ether oxygens (including phenoxy) is 1. The third-order valence-corrected chi connectivity index (χ3v) is 6.61. The van der Waals surface area contributed by atoms with E-state index in [0.717, 1.165) is 17.3 Å². The van der Waals surface area contributed by atoms with Crippen molar-refractivity contribution in [2.24, 2.45) is 11.8 Å². The second-order valence-corrected chi connectivity index (χ2v) is 10.6. The summed E-state index contributed by atoms with van der Waals surface area (Å²) in [4.78, 5) is 60.6. The first kappa shape index (κ1) is 31.9. The van der Waals surface area contributed by atoms with Crippen LogP contribution >= 0.6 is 11.8 Å². The largest absolute Gasteiger partial charge is 0.481 e. The zero-order valence-corrected chi connectivity index (χ0v) is 22.8. The highest BCUT2D eigenvalue weighted by atomic mass is 32.2. The van der Waals surface area contributed by atoms with Gasteiger partial charge in [0.15, 0.2) is 5.12 Å². The number of rotatable bonds is 16. The molecule has 0 saturated heterocycles. The molecule has 0 aliphatic carbocycles.